The fourth-order valence-electron chi connectivity index (χ4n) is 3.73. The molecule has 2 aromatic heterocycles. The molecule has 2 aliphatic heterocycles. The Balaban J connectivity index is 1.54. The normalized spacial score (nSPS) is 25.0. The van der Waals surface area contributed by atoms with Crippen LogP contribution >= 0.6 is 11.6 Å². The number of pyridine rings is 1. The number of imide groups is 1. The van der Waals surface area contributed by atoms with Crippen molar-refractivity contribution in [2.24, 2.45) is 0 Å². The molecular weight excluding hydrogens is 330 g/mol. The van der Waals surface area contributed by atoms with Crippen molar-refractivity contribution in [1.82, 2.24) is 24.1 Å². The van der Waals surface area contributed by atoms with Gasteiger partial charge >= 0.3 is 6.03 Å². The minimum Gasteiger partial charge on any atom is -0.311 e. The highest BCUT2D eigenvalue weighted by Gasteiger charge is 2.57. The maximum absolute atomic E-state index is 12.5. The molecule has 1 unspecified atom stereocenters. The summed E-state index contributed by atoms with van der Waals surface area (Å²) in [6, 6.07) is 3.45. The van der Waals surface area contributed by atoms with Gasteiger partial charge in [0.05, 0.1) is 10.7 Å². The molecule has 126 valence electrons. The predicted molar refractivity (Wildman–Crippen MR) is 88.8 cm³/mol. The van der Waals surface area contributed by atoms with E-state index in [0.29, 0.717) is 24.5 Å². The van der Waals surface area contributed by atoms with Crippen molar-refractivity contribution in [2.45, 2.75) is 18.5 Å². The molecule has 7 nitrogen and oxygen atoms in total. The van der Waals surface area contributed by atoms with Gasteiger partial charge in [-0.15, -0.1) is 0 Å². The average Bonchev–Trinajstić information content (AvgIpc) is 3.19. The number of fused-ring (bicyclic) bond motifs is 1. The zero-order valence-corrected chi connectivity index (χ0v) is 14.3. The van der Waals surface area contributed by atoms with E-state index in [1.807, 2.05) is 28.9 Å². The number of hydrogen-bond donors (Lipinski definition) is 0. The lowest BCUT2D eigenvalue weighted by atomic mass is 9.97. The second kappa shape index (κ2) is 5.19. The van der Waals surface area contributed by atoms with E-state index >= 15 is 0 Å². The van der Waals surface area contributed by atoms with Gasteiger partial charge in [-0.2, -0.15) is 0 Å². The number of halogens is 1. The molecular formula is C16H18ClN5O2. The third-order valence-corrected chi connectivity index (χ3v) is 5.32. The Morgan fingerprint density at radius 1 is 1.25 bits per heavy atom. The minimum absolute atomic E-state index is 0.112. The highest BCUT2D eigenvalue weighted by Crippen LogP contribution is 2.35. The first-order valence-electron chi connectivity index (χ1n) is 7.82. The Bertz CT molecular complexity index is 850. The van der Waals surface area contributed by atoms with Gasteiger partial charge in [-0.1, -0.05) is 11.6 Å². The van der Waals surface area contributed by atoms with Crippen molar-refractivity contribution >= 4 is 29.2 Å². The molecule has 4 rings (SSSR count). The second-order valence-corrected chi connectivity index (χ2v) is 6.98. The van der Waals surface area contributed by atoms with E-state index in [1.165, 1.54) is 4.90 Å². The summed E-state index contributed by atoms with van der Waals surface area (Å²) in [6.07, 6.45) is 4.42. The summed E-state index contributed by atoms with van der Waals surface area (Å²) in [6.45, 7) is 1.93. The molecule has 0 aliphatic carbocycles. The second-order valence-electron chi connectivity index (χ2n) is 6.54. The van der Waals surface area contributed by atoms with Crippen LogP contribution in [0.1, 0.15) is 12.1 Å². The Labute approximate surface area is 144 Å². The lowest BCUT2D eigenvalue weighted by Gasteiger charge is -2.28. The quantitative estimate of drug-likeness (QED) is 0.772. The van der Waals surface area contributed by atoms with Crippen LogP contribution in [0.5, 0.6) is 0 Å². The molecule has 0 aromatic carbocycles. The van der Waals surface area contributed by atoms with Gasteiger partial charge in [-0.25, -0.2) is 9.78 Å². The number of aromatic nitrogens is 2. The van der Waals surface area contributed by atoms with Crippen LogP contribution in [0, 0.1) is 0 Å². The van der Waals surface area contributed by atoms with Crippen molar-refractivity contribution in [1.29, 1.82) is 0 Å². The zero-order valence-electron chi connectivity index (χ0n) is 13.6. The maximum Gasteiger partial charge on any atom is 0.327 e. The van der Waals surface area contributed by atoms with Crippen LogP contribution in [0.15, 0.2) is 24.5 Å². The number of imidazole rings is 1. The Morgan fingerprint density at radius 3 is 2.75 bits per heavy atom. The van der Waals surface area contributed by atoms with Crippen LogP contribution in [-0.4, -0.2) is 68.7 Å². The molecule has 1 atom stereocenters. The van der Waals surface area contributed by atoms with E-state index in [1.54, 1.807) is 19.0 Å². The standard InChI is InChI=1S/C16H18ClN5O2/c1-19-14(23)16(20(2)15(19)24)5-6-21(10-16)8-12-9-22-7-11(17)3-4-13(22)18-12/h3-4,7,9H,5-6,8,10H2,1-2H3. The number of likely N-dealkylation sites (tertiary alicyclic amines) is 1. The molecule has 0 saturated carbocycles. The molecule has 2 fully saturated rings. The van der Waals surface area contributed by atoms with E-state index < -0.39 is 5.54 Å². The van der Waals surface area contributed by atoms with Gasteiger partial charge in [-0.3, -0.25) is 14.6 Å². The lowest BCUT2D eigenvalue weighted by molar-refractivity contribution is -0.131. The van der Waals surface area contributed by atoms with Crippen LogP contribution in [0.3, 0.4) is 0 Å². The summed E-state index contributed by atoms with van der Waals surface area (Å²) in [7, 11) is 3.25. The highest BCUT2D eigenvalue weighted by atomic mass is 35.5. The number of urea groups is 1. The number of amides is 3. The zero-order chi connectivity index (χ0) is 17.1. The molecule has 24 heavy (non-hydrogen) atoms. The molecule has 0 radical (unpaired) electrons. The lowest BCUT2D eigenvalue weighted by Crippen LogP contribution is -2.49. The fraction of sp³-hybridized carbons (Fsp3) is 0.438. The van der Waals surface area contributed by atoms with Gasteiger partial charge in [0.1, 0.15) is 11.2 Å². The Kier molecular flexibility index (Phi) is 3.33. The van der Waals surface area contributed by atoms with Gasteiger partial charge < -0.3 is 9.30 Å². The topological polar surface area (TPSA) is 61.2 Å². The molecule has 2 aromatic rings. The fourth-order valence-corrected chi connectivity index (χ4v) is 3.90. The first-order chi connectivity index (χ1) is 11.4. The summed E-state index contributed by atoms with van der Waals surface area (Å²) in [5, 5.41) is 0.659. The summed E-state index contributed by atoms with van der Waals surface area (Å²) in [5.41, 5.74) is 1.03. The maximum atomic E-state index is 12.5. The van der Waals surface area contributed by atoms with E-state index in [9.17, 15) is 9.59 Å². The molecule has 0 bridgehead atoms. The van der Waals surface area contributed by atoms with Crippen molar-refractivity contribution in [2.75, 3.05) is 27.2 Å². The molecule has 0 N–H and O–H groups in total. The molecule has 2 saturated heterocycles. The van der Waals surface area contributed by atoms with E-state index in [0.717, 1.165) is 17.9 Å². The van der Waals surface area contributed by atoms with Gasteiger partial charge in [0, 0.05) is 46.1 Å². The molecule has 8 heteroatoms. The molecule has 3 amide bonds. The largest absolute Gasteiger partial charge is 0.327 e. The molecule has 1 spiro atoms. The van der Waals surface area contributed by atoms with Crippen LogP contribution in [0.25, 0.3) is 5.65 Å². The van der Waals surface area contributed by atoms with Crippen molar-refractivity contribution in [3.8, 4) is 0 Å². The predicted octanol–water partition coefficient (Wildman–Crippen LogP) is 1.46. The number of likely N-dealkylation sites (N-methyl/N-ethyl adjacent to an activating group) is 2. The van der Waals surface area contributed by atoms with Gasteiger partial charge in [-0.05, 0) is 18.6 Å². The van der Waals surface area contributed by atoms with Gasteiger partial charge in [0.25, 0.3) is 5.91 Å². The monoisotopic (exact) mass is 347 g/mol. The first kappa shape index (κ1) is 15.4. The molecule has 4 heterocycles. The van der Waals surface area contributed by atoms with Gasteiger partial charge in [0.2, 0.25) is 0 Å². The summed E-state index contributed by atoms with van der Waals surface area (Å²) < 4.78 is 1.90. The van der Waals surface area contributed by atoms with Gasteiger partial charge in [0.15, 0.2) is 0 Å². The van der Waals surface area contributed by atoms with Crippen molar-refractivity contribution in [3.63, 3.8) is 0 Å². The SMILES string of the molecule is CN1C(=O)N(C)C2(CCN(Cc3cn4cc(Cl)ccc4n3)C2)C1=O. The summed E-state index contributed by atoms with van der Waals surface area (Å²) in [4.78, 5) is 34.2. The minimum atomic E-state index is -0.728. The van der Waals surface area contributed by atoms with E-state index in [2.05, 4.69) is 9.88 Å². The van der Waals surface area contributed by atoms with Crippen LogP contribution in [0.4, 0.5) is 4.79 Å². The number of rotatable bonds is 2. The third-order valence-electron chi connectivity index (χ3n) is 5.10. The number of hydrogen-bond acceptors (Lipinski definition) is 4. The smallest absolute Gasteiger partial charge is 0.311 e. The first-order valence-corrected chi connectivity index (χ1v) is 8.20. The van der Waals surface area contributed by atoms with E-state index in [4.69, 9.17) is 11.6 Å². The number of nitrogens with zero attached hydrogens (tertiary/aromatic N) is 5. The average molecular weight is 348 g/mol. The van der Waals surface area contributed by atoms with Crippen LogP contribution < -0.4 is 0 Å². The van der Waals surface area contributed by atoms with Crippen LogP contribution in [0.2, 0.25) is 5.02 Å². The summed E-state index contributed by atoms with van der Waals surface area (Å²) >= 11 is 6.00. The Hall–Kier alpha value is -2.12. The summed E-state index contributed by atoms with van der Waals surface area (Å²) in [5.74, 6) is -0.112. The Morgan fingerprint density at radius 2 is 2.04 bits per heavy atom. The highest BCUT2D eigenvalue weighted by molar-refractivity contribution is 6.30. The third kappa shape index (κ3) is 2.12. The van der Waals surface area contributed by atoms with Crippen molar-refractivity contribution in [3.05, 3.63) is 35.2 Å². The van der Waals surface area contributed by atoms with Crippen LogP contribution in [-0.2, 0) is 11.3 Å². The van der Waals surface area contributed by atoms with Crippen molar-refractivity contribution < 1.29 is 9.59 Å². The number of carbonyl (C=O) groups excluding carboxylic acids is 2. The number of carbonyl (C=O) groups is 2. The molecule has 2 aliphatic rings. The van der Waals surface area contributed by atoms with E-state index in [-0.39, 0.29) is 11.9 Å².